The van der Waals surface area contributed by atoms with Gasteiger partial charge in [0.25, 0.3) is 0 Å². The second-order valence-corrected chi connectivity index (χ2v) is 8.66. The highest BCUT2D eigenvalue weighted by atomic mass is 35.5. The fourth-order valence-corrected chi connectivity index (χ4v) is 4.25. The number of aromatic nitrogens is 4. The van der Waals surface area contributed by atoms with Gasteiger partial charge in [-0.05, 0) is 55.8 Å². The molecular formula is C24H19ClN6OS. The minimum absolute atomic E-state index is 0.0721. The maximum atomic E-state index is 12.6. The van der Waals surface area contributed by atoms with Crippen molar-refractivity contribution in [3.63, 3.8) is 0 Å². The van der Waals surface area contributed by atoms with E-state index in [1.165, 1.54) is 11.8 Å². The number of halogens is 1. The molecule has 33 heavy (non-hydrogen) atoms. The van der Waals surface area contributed by atoms with Crippen molar-refractivity contribution < 1.29 is 4.79 Å². The third kappa shape index (κ3) is 5.06. The van der Waals surface area contributed by atoms with E-state index in [1.54, 1.807) is 24.4 Å². The Labute approximate surface area is 200 Å². The van der Waals surface area contributed by atoms with Crippen LogP contribution in [-0.4, -0.2) is 31.4 Å². The minimum atomic E-state index is -0.284. The van der Waals surface area contributed by atoms with Gasteiger partial charge >= 0.3 is 0 Å². The van der Waals surface area contributed by atoms with Gasteiger partial charge in [0.1, 0.15) is 11.8 Å². The van der Waals surface area contributed by atoms with Crippen molar-refractivity contribution in [2.24, 2.45) is 0 Å². The Balaban J connectivity index is 1.63. The molecule has 0 saturated carbocycles. The summed E-state index contributed by atoms with van der Waals surface area (Å²) in [4.78, 5) is 17.1. The van der Waals surface area contributed by atoms with E-state index in [1.807, 2.05) is 48.7 Å². The molecule has 2 heterocycles. The van der Waals surface area contributed by atoms with Crippen LogP contribution in [0.25, 0.3) is 17.2 Å². The zero-order chi connectivity index (χ0) is 23.4. The Bertz CT molecular complexity index is 1360. The van der Waals surface area contributed by atoms with E-state index in [0.717, 1.165) is 16.8 Å². The average molecular weight is 475 g/mol. The molecule has 0 radical (unpaired) electrons. The summed E-state index contributed by atoms with van der Waals surface area (Å²) in [5.41, 5.74) is 4.51. The largest absolute Gasteiger partial charge is 0.324 e. The summed E-state index contributed by atoms with van der Waals surface area (Å²) in [5, 5.41) is 21.7. The summed E-state index contributed by atoms with van der Waals surface area (Å²) in [7, 11) is 0. The SMILES string of the molecule is Cc1ccc(-n2c(SCC(=O)Nc3cc(Cl)ccc3C#N)nnc2-c2ccccn2)c(C)c1. The zero-order valence-corrected chi connectivity index (χ0v) is 19.5. The van der Waals surface area contributed by atoms with E-state index in [9.17, 15) is 10.1 Å². The first kappa shape index (κ1) is 22.5. The van der Waals surface area contributed by atoms with Crippen LogP contribution >= 0.6 is 23.4 Å². The fourth-order valence-electron chi connectivity index (χ4n) is 3.33. The maximum Gasteiger partial charge on any atom is 0.234 e. The number of anilines is 1. The molecule has 9 heteroatoms. The van der Waals surface area contributed by atoms with Crippen LogP contribution in [0.4, 0.5) is 5.69 Å². The number of nitrogens with one attached hydrogen (secondary N) is 1. The first-order chi connectivity index (χ1) is 16.0. The van der Waals surface area contributed by atoms with Gasteiger partial charge in [-0.2, -0.15) is 5.26 Å². The molecule has 0 unspecified atom stereocenters. The fraction of sp³-hybridized carbons (Fsp3) is 0.125. The summed E-state index contributed by atoms with van der Waals surface area (Å²) in [6, 6.07) is 18.5. The van der Waals surface area contributed by atoms with E-state index in [2.05, 4.69) is 32.6 Å². The molecule has 0 aliphatic heterocycles. The van der Waals surface area contributed by atoms with Gasteiger partial charge in [0, 0.05) is 11.2 Å². The second-order valence-electron chi connectivity index (χ2n) is 7.29. The summed E-state index contributed by atoms with van der Waals surface area (Å²) in [6.45, 7) is 4.06. The molecule has 164 valence electrons. The van der Waals surface area contributed by atoms with Crippen molar-refractivity contribution in [3.8, 4) is 23.3 Å². The smallest absolute Gasteiger partial charge is 0.234 e. The Kier molecular flexibility index (Phi) is 6.73. The molecule has 7 nitrogen and oxygen atoms in total. The summed E-state index contributed by atoms with van der Waals surface area (Å²) < 4.78 is 1.91. The van der Waals surface area contributed by atoms with Crippen molar-refractivity contribution in [3.05, 3.63) is 82.5 Å². The number of carbonyl (C=O) groups excluding carboxylic acids is 1. The van der Waals surface area contributed by atoms with Crippen molar-refractivity contribution in [1.82, 2.24) is 19.7 Å². The molecule has 4 aromatic rings. The third-order valence-electron chi connectivity index (χ3n) is 4.83. The van der Waals surface area contributed by atoms with Crippen LogP contribution in [0.15, 0.2) is 66.0 Å². The van der Waals surface area contributed by atoms with Crippen LogP contribution in [0.1, 0.15) is 16.7 Å². The molecule has 0 spiro atoms. The highest BCUT2D eigenvalue weighted by Crippen LogP contribution is 2.29. The first-order valence-electron chi connectivity index (χ1n) is 10.0. The van der Waals surface area contributed by atoms with Crippen LogP contribution in [-0.2, 0) is 4.79 Å². The van der Waals surface area contributed by atoms with Crippen LogP contribution in [0.5, 0.6) is 0 Å². The molecule has 0 aliphatic rings. The Morgan fingerprint density at radius 3 is 2.73 bits per heavy atom. The standard InChI is InChI=1S/C24H19ClN6OS/c1-15-6-9-21(16(2)11-15)31-23(19-5-3-4-10-27-19)29-30-24(31)33-14-22(32)28-20-12-18(25)8-7-17(20)13-26/h3-12H,14H2,1-2H3,(H,28,32). The number of nitrogens with zero attached hydrogens (tertiary/aromatic N) is 5. The molecule has 2 aromatic heterocycles. The monoisotopic (exact) mass is 474 g/mol. The van der Waals surface area contributed by atoms with Gasteiger partial charge < -0.3 is 5.32 Å². The molecule has 1 N–H and O–H groups in total. The number of rotatable bonds is 6. The summed E-state index contributed by atoms with van der Waals surface area (Å²) in [6.07, 6.45) is 1.70. The number of aryl methyl sites for hydroxylation is 2. The Morgan fingerprint density at radius 2 is 2.00 bits per heavy atom. The number of pyridine rings is 1. The number of carbonyl (C=O) groups is 1. The van der Waals surface area contributed by atoms with E-state index in [-0.39, 0.29) is 11.7 Å². The van der Waals surface area contributed by atoms with Gasteiger partial charge in [-0.3, -0.25) is 14.3 Å². The number of hydrogen-bond acceptors (Lipinski definition) is 6. The maximum absolute atomic E-state index is 12.6. The van der Waals surface area contributed by atoms with Gasteiger partial charge in [0.2, 0.25) is 5.91 Å². The molecule has 0 atom stereocenters. The Morgan fingerprint density at radius 1 is 1.15 bits per heavy atom. The van der Waals surface area contributed by atoms with Gasteiger partial charge in [-0.1, -0.05) is 47.1 Å². The third-order valence-corrected chi connectivity index (χ3v) is 5.99. The van der Waals surface area contributed by atoms with Crippen molar-refractivity contribution in [2.45, 2.75) is 19.0 Å². The minimum Gasteiger partial charge on any atom is -0.324 e. The number of hydrogen-bond donors (Lipinski definition) is 1. The summed E-state index contributed by atoms with van der Waals surface area (Å²) >= 11 is 7.26. The van der Waals surface area contributed by atoms with E-state index >= 15 is 0 Å². The molecule has 0 aliphatic carbocycles. The normalized spacial score (nSPS) is 10.6. The predicted octanol–water partition coefficient (Wildman–Crippen LogP) is 5.20. The predicted molar refractivity (Wildman–Crippen MR) is 130 cm³/mol. The molecule has 0 saturated heterocycles. The zero-order valence-electron chi connectivity index (χ0n) is 17.9. The lowest BCUT2D eigenvalue weighted by Gasteiger charge is -2.13. The topological polar surface area (TPSA) is 96.5 Å². The first-order valence-corrected chi connectivity index (χ1v) is 11.4. The molecule has 0 bridgehead atoms. The molecule has 4 rings (SSSR count). The van der Waals surface area contributed by atoms with Crippen LogP contribution in [0, 0.1) is 25.2 Å². The van der Waals surface area contributed by atoms with Gasteiger partial charge in [-0.25, -0.2) is 0 Å². The number of benzene rings is 2. The van der Waals surface area contributed by atoms with Crippen LogP contribution in [0.2, 0.25) is 5.02 Å². The van der Waals surface area contributed by atoms with E-state index in [4.69, 9.17) is 11.6 Å². The lowest BCUT2D eigenvalue weighted by atomic mass is 10.1. The lowest BCUT2D eigenvalue weighted by Crippen LogP contribution is -2.15. The quantitative estimate of drug-likeness (QED) is 0.386. The lowest BCUT2D eigenvalue weighted by molar-refractivity contribution is -0.113. The molecule has 2 aromatic carbocycles. The second kappa shape index (κ2) is 9.86. The molecule has 0 fully saturated rings. The van der Waals surface area contributed by atoms with E-state index < -0.39 is 0 Å². The molecule has 1 amide bonds. The highest BCUT2D eigenvalue weighted by molar-refractivity contribution is 7.99. The van der Waals surface area contributed by atoms with E-state index in [0.29, 0.717) is 32.9 Å². The number of amides is 1. The number of nitriles is 1. The van der Waals surface area contributed by atoms with Crippen LogP contribution in [0.3, 0.4) is 0 Å². The van der Waals surface area contributed by atoms with Crippen molar-refractivity contribution in [2.75, 3.05) is 11.1 Å². The Hall–Kier alpha value is -3.67. The molecular weight excluding hydrogens is 456 g/mol. The highest BCUT2D eigenvalue weighted by Gasteiger charge is 2.19. The van der Waals surface area contributed by atoms with Crippen molar-refractivity contribution in [1.29, 1.82) is 5.26 Å². The van der Waals surface area contributed by atoms with Crippen LogP contribution < -0.4 is 5.32 Å². The van der Waals surface area contributed by atoms with Gasteiger partial charge in [0.15, 0.2) is 11.0 Å². The van der Waals surface area contributed by atoms with Gasteiger partial charge in [-0.15, -0.1) is 10.2 Å². The van der Waals surface area contributed by atoms with Gasteiger partial charge in [0.05, 0.1) is 22.7 Å². The van der Waals surface area contributed by atoms with Crippen molar-refractivity contribution >= 4 is 35.0 Å². The summed E-state index contributed by atoms with van der Waals surface area (Å²) in [5.74, 6) is 0.378. The number of thioether (sulfide) groups is 1. The average Bonchev–Trinajstić information content (AvgIpc) is 3.22.